The highest BCUT2D eigenvalue weighted by atomic mass is 16.5. The average Bonchev–Trinajstić information content (AvgIpc) is 2.74. The Hall–Kier alpha value is -2.73. The van der Waals surface area contributed by atoms with Gasteiger partial charge in [0.05, 0.1) is 26.5 Å². The lowest BCUT2D eigenvalue weighted by atomic mass is 10.0. The Balaban J connectivity index is 1.64. The van der Waals surface area contributed by atoms with E-state index in [2.05, 4.69) is 45.5 Å². The number of anilines is 1. The molecule has 1 heterocycles. The van der Waals surface area contributed by atoms with Gasteiger partial charge in [-0.1, -0.05) is 36.8 Å². The molecular weight excluding hydrogens is 352 g/mol. The van der Waals surface area contributed by atoms with E-state index in [1.807, 2.05) is 18.2 Å². The van der Waals surface area contributed by atoms with E-state index in [1.54, 1.807) is 14.2 Å². The fourth-order valence-electron chi connectivity index (χ4n) is 3.59. The van der Waals surface area contributed by atoms with Gasteiger partial charge in [-0.3, -0.25) is 9.89 Å². The number of hydrogen-bond acceptors (Lipinski definition) is 4. The number of methoxy groups -OCH3 is 2. The Kier molecular flexibility index (Phi) is 7.14. The molecule has 2 aromatic carbocycles. The van der Waals surface area contributed by atoms with Crippen molar-refractivity contribution >= 4 is 11.6 Å². The smallest absolute Gasteiger partial charge is 0.193 e. The highest BCUT2D eigenvalue weighted by molar-refractivity contribution is 5.94. The minimum absolute atomic E-state index is 0.386. The van der Waals surface area contributed by atoms with Gasteiger partial charge in [0.25, 0.3) is 0 Å². The maximum absolute atomic E-state index is 6.16. The summed E-state index contributed by atoms with van der Waals surface area (Å²) in [6.45, 7) is 2.74. The van der Waals surface area contributed by atoms with Crippen LogP contribution >= 0.6 is 0 Å². The zero-order valence-electron chi connectivity index (χ0n) is 16.7. The molecule has 1 saturated heterocycles. The van der Waals surface area contributed by atoms with Crippen molar-refractivity contribution in [3.8, 4) is 11.5 Å². The highest BCUT2D eigenvalue weighted by Crippen LogP contribution is 2.28. The first-order chi connectivity index (χ1) is 13.7. The summed E-state index contributed by atoms with van der Waals surface area (Å²) in [5, 5.41) is 3.14. The number of hydrogen-bond donors (Lipinski definition) is 2. The third-order valence-electron chi connectivity index (χ3n) is 5.12. The Morgan fingerprint density at radius 1 is 1.14 bits per heavy atom. The first-order valence-corrected chi connectivity index (χ1v) is 9.76. The summed E-state index contributed by atoms with van der Waals surface area (Å²) in [7, 11) is 3.26. The second kappa shape index (κ2) is 9.99. The third-order valence-corrected chi connectivity index (χ3v) is 5.12. The van der Waals surface area contributed by atoms with Crippen LogP contribution in [0.3, 0.4) is 0 Å². The molecule has 0 aliphatic carbocycles. The fraction of sp³-hybridized carbons (Fsp3) is 0.409. The largest absolute Gasteiger partial charge is 0.497 e. The van der Waals surface area contributed by atoms with Crippen molar-refractivity contribution < 1.29 is 9.47 Å². The number of likely N-dealkylation sites (tertiary alicyclic amines) is 1. The lowest BCUT2D eigenvalue weighted by molar-refractivity contribution is 0.145. The number of rotatable bonds is 7. The summed E-state index contributed by atoms with van der Waals surface area (Å²) in [6.07, 6.45) is 3.62. The quantitative estimate of drug-likeness (QED) is 0.567. The Bertz CT molecular complexity index is 779. The highest BCUT2D eigenvalue weighted by Gasteiger charge is 2.22. The molecule has 1 aliphatic rings. The topological polar surface area (TPSA) is 72.1 Å². The summed E-state index contributed by atoms with van der Waals surface area (Å²) in [4.78, 5) is 7.13. The minimum atomic E-state index is 0.386. The molecule has 1 fully saturated rings. The van der Waals surface area contributed by atoms with Crippen LogP contribution in [0.15, 0.2) is 53.5 Å². The van der Waals surface area contributed by atoms with E-state index in [0.717, 1.165) is 30.9 Å². The van der Waals surface area contributed by atoms with Crippen LogP contribution < -0.4 is 20.5 Å². The summed E-state index contributed by atoms with van der Waals surface area (Å²) >= 11 is 0. The number of benzene rings is 2. The molecule has 6 nitrogen and oxygen atoms in total. The lowest BCUT2D eigenvalue weighted by Gasteiger charge is -2.35. The van der Waals surface area contributed by atoms with Gasteiger partial charge in [0.2, 0.25) is 0 Å². The van der Waals surface area contributed by atoms with Gasteiger partial charge in [0.1, 0.15) is 11.5 Å². The molecule has 0 amide bonds. The molecule has 0 aromatic heterocycles. The number of nitrogens with one attached hydrogen (secondary N) is 1. The van der Waals surface area contributed by atoms with E-state index in [-0.39, 0.29) is 0 Å². The van der Waals surface area contributed by atoms with E-state index in [0.29, 0.717) is 24.3 Å². The summed E-state index contributed by atoms with van der Waals surface area (Å²) in [6, 6.07) is 16.6. The molecule has 150 valence electrons. The maximum atomic E-state index is 6.16. The molecule has 0 bridgehead atoms. The van der Waals surface area contributed by atoms with Crippen molar-refractivity contribution in [1.29, 1.82) is 0 Å². The maximum Gasteiger partial charge on any atom is 0.193 e. The number of guanidine groups is 1. The van der Waals surface area contributed by atoms with Crippen molar-refractivity contribution in [3.63, 3.8) is 0 Å². The predicted octanol–water partition coefficient (Wildman–Crippen LogP) is 3.49. The molecule has 28 heavy (non-hydrogen) atoms. The molecule has 0 saturated carbocycles. The van der Waals surface area contributed by atoms with Gasteiger partial charge in [-0.25, -0.2) is 0 Å². The fourth-order valence-corrected chi connectivity index (χ4v) is 3.59. The average molecular weight is 383 g/mol. The number of aliphatic imine (C=N–C) groups is 1. The molecule has 2 aromatic rings. The number of piperidine rings is 1. The molecule has 1 atom stereocenters. The van der Waals surface area contributed by atoms with E-state index in [9.17, 15) is 0 Å². The Morgan fingerprint density at radius 3 is 2.71 bits per heavy atom. The van der Waals surface area contributed by atoms with E-state index >= 15 is 0 Å². The van der Waals surface area contributed by atoms with Gasteiger partial charge in [-0.15, -0.1) is 0 Å². The van der Waals surface area contributed by atoms with Crippen LogP contribution in [0.4, 0.5) is 5.69 Å². The zero-order valence-corrected chi connectivity index (χ0v) is 16.7. The van der Waals surface area contributed by atoms with Crippen molar-refractivity contribution in [2.45, 2.75) is 31.8 Å². The van der Waals surface area contributed by atoms with Crippen LogP contribution in [0.5, 0.6) is 11.5 Å². The monoisotopic (exact) mass is 382 g/mol. The summed E-state index contributed by atoms with van der Waals surface area (Å²) in [5.74, 6) is 1.82. The van der Waals surface area contributed by atoms with Crippen LogP contribution in [0.1, 0.15) is 24.8 Å². The van der Waals surface area contributed by atoms with Gasteiger partial charge in [0, 0.05) is 18.7 Å². The second-order valence-electron chi connectivity index (χ2n) is 7.02. The SMILES string of the molecule is COc1ccc(OC)c(NC(N)=NCC2CCCCN2Cc2ccccc2)c1. The molecule has 1 aliphatic heterocycles. The van der Waals surface area contributed by atoms with E-state index in [1.165, 1.54) is 18.4 Å². The van der Waals surface area contributed by atoms with Gasteiger partial charge >= 0.3 is 0 Å². The van der Waals surface area contributed by atoms with Gasteiger partial charge in [-0.2, -0.15) is 0 Å². The summed E-state index contributed by atoms with van der Waals surface area (Å²) < 4.78 is 10.7. The first-order valence-electron chi connectivity index (χ1n) is 9.76. The van der Waals surface area contributed by atoms with Crippen LogP contribution in [0.2, 0.25) is 0 Å². The van der Waals surface area contributed by atoms with Crippen molar-refractivity contribution in [2.24, 2.45) is 10.7 Å². The molecule has 0 radical (unpaired) electrons. The molecular formula is C22H30N4O2. The molecule has 0 spiro atoms. The van der Waals surface area contributed by atoms with Gasteiger partial charge in [-0.05, 0) is 37.1 Å². The van der Waals surface area contributed by atoms with Crippen molar-refractivity contribution in [3.05, 3.63) is 54.1 Å². The summed E-state index contributed by atoms with van der Waals surface area (Å²) in [5.41, 5.74) is 8.24. The Morgan fingerprint density at radius 2 is 1.96 bits per heavy atom. The van der Waals surface area contributed by atoms with Crippen LogP contribution in [0.25, 0.3) is 0 Å². The second-order valence-corrected chi connectivity index (χ2v) is 7.02. The lowest BCUT2D eigenvalue weighted by Crippen LogP contribution is -2.41. The number of nitrogens with two attached hydrogens (primary N) is 1. The molecule has 1 unspecified atom stereocenters. The molecule has 6 heteroatoms. The van der Waals surface area contributed by atoms with Gasteiger partial charge in [0.15, 0.2) is 5.96 Å². The normalized spacial score (nSPS) is 17.9. The molecule has 3 rings (SSSR count). The zero-order chi connectivity index (χ0) is 19.8. The standard InChI is InChI=1S/C22H30N4O2/c1-27-19-11-12-21(28-2)20(14-19)25-22(23)24-15-18-10-6-7-13-26(18)16-17-8-4-3-5-9-17/h3-5,8-9,11-12,14,18H,6-7,10,13,15-16H2,1-2H3,(H3,23,24,25). The van der Waals surface area contributed by atoms with Crippen LogP contribution in [-0.2, 0) is 6.54 Å². The predicted molar refractivity (Wildman–Crippen MR) is 114 cm³/mol. The van der Waals surface area contributed by atoms with Gasteiger partial charge < -0.3 is 20.5 Å². The van der Waals surface area contributed by atoms with Crippen molar-refractivity contribution in [1.82, 2.24) is 4.90 Å². The van der Waals surface area contributed by atoms with Crippen LogP contribution in [-0.4, -0.2) is 44.2 Å². The van der Waals surface area contributed by atoms with E-state index < -0.39 is 0 Å². The Labute approximate surface area is 167 Å². The van der Waals surface area contributed by atoms with Crippen LogP contribution in [0, 0.1) is 0 Å². The first kappa shape index (κ1) is 20.0. The van der Waals surface area contributed by atoms with E-state index in [4.69, 9.17) is 15.2 Å². The third kappa shape index (κ3) is 5.39. The molecule has 3 N–H and O–H groups in total. The number of ether oxygens (including phenoxy) is 2. The van der Waals surface area contributed by atoms with Crippen molar-refractivity contribution in [2.75, 3.05) is 32.6 Å². The minimum Gasteiger partial charge on any atom is -0.497 e. The number of nitrogens with zero attached hydrogens (tertiary/aromatic N) is 2.